The van der Waals surface area contributed by atoms with Crippen molar-refractivity contribution < 1.29 is 9.21 Å². The van der Waals surface area contributed by atoms with Gasteiger partial charge in [0.15, 0.2) is 5.84 Å². The Morgan fingerprint density at radius 1 is 1.10 bits per heavy atom. The third kappa shape index (κ3) is 3.73. The van der Waals surface area contributed by atoms with Crippen LogP contribution in [0.15, 0.2) is 80.7 Å². The van der Waals surface area contributed by atoms with Crippen LogP contribution in [-0.2, 0) is 4.79 Å². The van der Waals surface area contributed by atoms with Crippen LogP contribution in [0.2, 0.25) is 5.02 Å². The molecule has 0 spiro atoms. The number of halogens is 1. The number of hydrogen-bond donors (Lipinski definition) is 1. The second-order valence-electron chi connectivity index (χ2n) is 7.01. The van der Waals surface area contributed by atoms with Gasteiger partial charge >= 0.3 is 0 Å². The van der Waals surface area contributed by atoms with E-state index in [9.17, 15) is 4.79 Å². The molecule has 1 N–H and O–H groups in total. The summed E-state index contributed by atoms with van der Waals surface area (Å²) in [5.41, 5.74) is 2.97. The van der Waals surface area contributed by atoms with Crippen LogP contribution in [0, 0.1) is 12.3 Å². The van der Waals surface area contributed by atoms with Gasteiger partial charge in [0.2, 0.25) is 5.17 Å². The smallest absolute Gasteiger partial charge is 0.283 e. The van der Waals surface area contributed by atoms with Gasteiger partial charge < -0.3 is 4.42 Å². The van der Waals surface area contributed by atoms with Crippen molar-refractivity contribution in [3.63, 3.8) is 0 Å². The SMILES string of the molecule is Cc1cccc(C2=NN3C(=N)/C(=C/c4ccc(-c5cccc(Cl)c5)o4)C(=O)N=C3S2)c1. The van der Waals surface area contributed by atoms with Gasteiger partial charge in [-0.15, -0.1) is 0 Å². The fraction of sp³-hybridized carbons (Fsp3) is 0.0435. The van der Waals surface area contributed by atoms with E-state index in [-0.39, 0.29) is 11.4 Å². The van der Waals surface area contributed by atoms with Gasteiger partial charge in [0.25, 0.3) is 5.91 Å². The summed E-state index contributed by atoms with van der Waals surface area (Å²) in [6.45, 7) is 2.00. The van der Waals surface area contributed by atoms with Gasteiger partial charge in [0, 0.05) is 16.1 Å². The van der Waals surface area contributed by atoms with Crippen LogP contribution in [-0.4, -0.2) is 27.0 Å². The molecule has 0 aliphatic carbocycles. The molecule has 1 amide bonds. The zero-order valence-corrected chi connectivity index (χ0v) is 17.9. The predicted octanol–water partition coefficient (Wildman–Crippen LogP) is 5.58. The third-order valence-electron chi connectivity index (χ3n) is 4.74. The summed E-state index contributed by atoms with van der Waals surface area (Å²) in [6.07, 6.45) is 1.52. The second-order valence-corrected chi connectivity index (χ2v) is 8.40. The first-order valence-electron chi connectivity index (χ1n) is 9.41. The average molecular weight is 447 g/mol. The fourth-order valence-corrected chi connectivity index (χ4v) is 4.33. The number of hydrogen-bond acceptors (Lipinski definition) is 5. The molecule has 8 heteroatoms. The molecule has 6 nitrogen and oxygen atoms in total. The number of hydrazone groups is 1. The van der Waals surface area contributed by atoms with Crippen molar-refractivity contribution in [2.24, 2.45) is 10.1 Å². The van der Waals surface area contributed by atoms with Crippen LogP contribution < -0.4 is 0 Å². The minimum absolute atomic E-state index is 0.0362. The zero-order chi connectivity index (χ0) is 21.5. The average Bonchev–Trinajstić information content (AvgIpc) is 3.38. The Hall–Kier alpha value is -3.42. The number of carbonyl (C=O) groups is 1. The maximum atomic E-state index is 12.6. The highest BCUT2D eigenvalue weighted by Gasteiger charge is 2.36. The van der Waals surface area contributed by atoms with Gasteiger partial charge in [-0.25, -0.2) is 0 Å². The maximum Gasteiger partial charge on any atom is 0.283 e. The molecule has 0 bridgehead atoms. The van der Waals surface area contributed by atoms with E-state index >= 15 is 0 Å². The van der Waals surface area contributed by atoms with Crippen molar-refractivity contribution in [1.82, 2.24) is 5.01 Å². The van der Waals surface area contributed by atoms with Gasteiger partial charge in [-0.3, -0.25) is 10.2 Å². The minimum atomic E-state index is -0.495. The van der Waals surface area contributed by atoms with Crippen LogP contribution in [0.25, 0.3) is 17.4 Å². The molecular formula is C23H15ClN4O2S. The lowest BCUT2D eigenvalue weighted by atomic mass is 10.1. The van der Waals surface area contributed by atoms with E-state index in [0.29, 0.717) is 26.8 Å². The number of benzene rings is 2. The Morgan fingerprint density at radius 2 is 1.90 bits per heavy atom. The number of thioether (sulfide) groups is 1. The van der Waals surface area contributed by atoms with E-state index in [1.54, 1.807) is 24.3 Å². The van der Waals surface area contributed by atoms with Crippen molar-refractivity contribution in [3.05, 3.63) is 88.1 Å². The Bertz CT molecular complexity index is 1340. The van der Waals surface area contributed by atoms with E-state index in [1.165, 1.54) is 22.8 Å². The first-order valence-corrected chi connectivity index (χ1v) is 10.6. The molecule has 0 atom stereocenters. The molecule has 5 rings (SSSR count). The molecule has 3 aromatic rings. The molecule has 2 aliphatic heterocycles. The van der Waals surface area contributed by atoms with Crippen LogP contribution in [0.5, 0.6) is 0 Å². The molecule has 0 saturated carbocycles. The van der Waals surface area contributed by atoms with Crippen molar-refractivity contribution in [2.75, 3.05) is 0 Å². The Labute approximate surface area is 187 Å². The zero-order valence-electron chi connectivity index (χ0n) is 16.3. The molecule has 3 heterocycles. The van der Waals surface area contributed by atoms with Crippen molar-refractivity contribution >= 4 is 51.4 Å². The van der Waals surface area contributed by atoms with Crippen molar-refractivity contribution in [2.45, 2.75) is 6.92 Å². The molecule has 0 radical (unpaired) electrons. The fourth-order valence-electron chi connectivity index (χ4n) is 3.26. The lowest BCUT2D eigenvalue weighted by Gasteiger charge is -2.19. The Morgan fingerprint density at radius 3 is 2.71 bits per heavy atom. The lowest BCUT2D eigenvalue weighted by Crippen LogP contribution is -2.35. The highest BCUT2D eigenvalue weighted by molar-refractivity contribution is 8.27. The standard InChI is InChI=1S/C23H15ClN4O2S/c1-13-4-2-6-15(10-13)22-27-28-20(25)18(21(29)26-23(28)31-22)12-17-8-9-19(30-17)14-5-3-7-16(24)11-14/h2-12,25H,1H3/b18-12-,25-20?. The first kappa shape index (κ1) is 19.5. The third-order valence-corrected chi connectivity index (χ3v) is 5.93. The van der Waals surface area contributed by atoms with Crippen molar-refractivity contribution in [3.8, 4) is 11.3 Å². The van der Waals surface area contributed by atoms with E-state index in [4.69, 9.17) is 21.4 Å². The maximum absolute atomic E-state index is 12.6. The highest BCUT2D eigenvalue weighted by atomic mass is 35.5. The molecule has 0 saturated heterocycles. The van der Waals surface area contributed by atoms with Crippen LogP contribution >= 0.6 is 23.4 Å². The summed E-state index contributed by atoms with van der Waals surface area (Å²) >= 11 is 7.33. The number of fused-ring (bicyclic) bond motifs is 1. The quantitative estimate of drug-likeness (QED) is 0.533. The molecule has 2 aliphatic rings. The van der Waals surface area contributed by atoms with Gasteiger partial charge in [-0.1, -0.05) is 47.5 Å². The van der Waals surface area contributed by atoms with Gasteiger partial charge in [0.1, 0.15) is 16.6 Å². The summed E-state index contributed by atoms with van der Waals surface area (Å²) < 4.78 is 5.85. The molecule has 31 heavy (non-hydrogen) atoms. The van der Waals surface area contributed by atoms with Crippen LogP contribution in [0.3, 0.4) is 0 Å². The normalized spacial score (nSPS) is 17.1. The highest BCUT2D eigenvalue weighted by Crippen LogP contribution is 2.32. The Balaban J connectivity index is 1.45. The van der Waals surface area contributed by atoms with Crippen LogP contribution in [0.4, 0.5) is 0 Å². The molecule has 0 unspecified atom stereocenters. The monoisotopic (exact) mass is 446 g/mol. The van der Waals surface area contributed by atoms with E-state index < -0.39 is 5.91 Å². The largest absolute Gasteiger partial charge is 0.457 e. The molecule has 2 aromatic carbocycles. The number of nitrogens with one attached hydrogen (secondary N) is 1. The topological polar surface area (TPSA) is 82.0 Å². The minimum Gasteiger partial charge on any atom is -0.457 e. The summed E-state index contributed by atoms with van der Waals surface area (Å²) in [7, 11) is 0. The lowest BCUT2D eigenvalue weighted by molar-refractivity contribution is -0.114. The first-order chi connectivity index (χ1) is 15.0. The summed E-state index contributed by atoms with van der Waals surface area (Å²) in [5.74, 6) is 0.525. The number of carbonyl (C=O) groups excluding carboxylic acids is 1. The Kier molecular flexibility index (Phi) is 4.84. The molecule has 0 fully saturated rings. The summed E-state index contributed by atoms with van der Waals surface area (Å²) in [5, 5.41) is 16.1. The summed E-state index contributed by atoms with van der Waals surface area (Å²) in [6, 6.07) is 18.7. The number of rotatable bonds is 3. The van der Waals surface area contributed by atoms with Gasteiger partial charge in [0.05, 0.1) is 5.57 Å². The number of furan rings is 1. The number of aliphatic imine (C=N–C) groups is 1. The van der Waals surface area contributed by atoms with E-state index in [1.807, 2.05) is 43.3 Å². The molecular weight excluding hydrogens is 432 g/mol. The van der Waals surface area contributed by atoms with Gasteiger partial charge in [-0.2, -0.15) is 15.1 Å². The number of nitrogens with zero attached hydrogens (tertiary/aromatic N) is 3. The van der Waals surface area contributed by atoms with Crippen molar-refractivity contribution in [1.29, 1.82) is 5.41 Å². The summed E-state index contributed by atoms with van der Waals surface area (Å²) in [4.78, 5) is 16.8. The second kappa shape index (κ2) is 7.68. The molecule has 152 valence electrons. The molecule has 1 aromatic heterocycles. The van der Waals surface area contributed by atoms with Crippen LogP contribution in [0.1, 0.15) is 16.9 Å². The number of amides is 1. The van der Waals surface area contributed by atoms with E-state index in [0.717, 1.165) is 16.7 Å². The predicted molar refractivity (Wildman–Crippen MR) is 124 cm³/mol. The number of aryl methyl sites for hydroxylation is 1. The van der Waals surface area contributed by atoms with Gasteiger partial charge in [-0.05, 0) is 55.1 Å². The van der Waals surface area contributed by atoms with E-state index in [2.05, 4.69) is 10.1 Å². The number of amidine groups is 2.